The lowest BCUT2D eigenvalue weighted by Gasteiger charge is -2.33. The molecule has 28 heavy (non-hydrogen) atoms. The van der Waals surface area contributed by atoms with E-state index >= 15 is 0 Å². The van der Waals surface area contributed by atoms with E-state index in [9.17, 15) is 9.59 Å². The molecular formula is C23H35N3O2. The Balaban J connectivity index is 1.42. The fourth-order valence-electron chi connectivity index (χ4n) is 4.30. The van der Waals surface area contributed by atoms with Gasteiger partial charge in [-0.15, -0.1) is 0 Å². The van der Waals surface area contributed by atoms with E-state index < -0.39 is 0 Å². The number of carbonyl (C=O) groups excluding carboxylic acids is 2. The van der Waals surface area contributed by atoms with Gasteiger partial charge in [0, 0.05) is 45.1 Å². The van der Waals surface area contributed by atoms with Crippen LogP contribution in [-0.4, -0.2) is 53.8 Å². The minimum absolute atomic E-state index is 0.0737. The highest BCUT2D eigenvalue weighted by atomic mass is 16.2. The molecule has 1 N–H and O–H groups in total. The first-order valence-electron chi connectivity index (χ1n) is 10.9. The number of amides is 2. The lowest BCUT2D eigenvalue weighted by Crippen LogP contribution is -2.47. The quantitative estimate of drug-likeness (QED) is 0.748. The molecule has 5 nitrogen and oxygen atoms in total. The first-order valence-corrected chi connectivity index (χ1v) is 10.9. The van der Waals surface area contributed by atoms with Gasteiger partial charge in [0.25, 0.3) is 0 Å². The number of rotatable bonds is 8. The molecule has 5 heteroatoms. The van der Waals surface area contributed by atoms with Crippen molar-refractivity contribution in [3.8, 4) is 0 Å². The molecule has 1 atom stereocenters. The van der Waals surface area contributed by atoms with E-state index in [2.05, 4.69) is 48.3 Å². The topological polar surface area (TPSA) is 52.7 Å². The summed E-state index contributed by atoms with van der Waals surface area (Å²) in [7, 11) is 0. The van der Waals surface area contributed by atoms with Crippen molar-refractivity contribution < 1.29 is 9.59 Å². The van der Waals surface area contributed by atoms with Crippen LogP contribution < -0.4 is 5.32 Å². The van der Waals surface area contributed by atoms with Crippen molar-refractivity contribution in [2.75, 3.05) is 26.2 Å². The minimum atomic E-state index is 0.0737. The zero-order valence-corrected chi connectivity index (χ0v) is 17.5. The molecule has 2 fully saturated rings. The molecule has 0 spiro atoms. The van der Waals surface area contributed by atoms with Crippen molar-refractivity contribution in [1.29, 1.82) is 0 Å². The summed E-state index contributed by atoms with van der Waals surface area (Å²) in [5.74, 6) is 0.946. The molecule has 0 unspecified atom stereocenters. The van der Waals surface area contributed by atoms with E-state index in [1.807, 2.05) is 4.90 Å². The Morgan fingerprint density at radius 1 is 1.14 bits per heavy atom. The number of carbonyl (C=O) groups is 2. The van der Waals surface area contributed by atoms with E-state index in [0.717, 1.165) is 51.9 Å². The monoisotopic (exact) mass is 385 g/mol. The van der Waals surface area contributed by atoms with Gasteiger partial charge < -0.3 is 10.2 Å². The fourth-order valence-corrected chi connectivity index (χ4v) is 4.30. The molecule has 0 radical (unpaired) electrons. The van der Waals surface area contributed by atoms with Crippen LogP contribution in [0.25, 0.3) is 0 Å². The van der Waals surface area contributed by atoms with Crippen LogP contribution in [0.2, 0.25) is 0 Å². The number of hydrogen-bond acceptors (Lipinski definition) is 3. The lowest BCUT2D eigenvalue weighted by molar-refractivity contribution is -0.128. The summed E-state index contributed by atoms with van der Waals surface area (Å²) in [6.45, 7) is 8.79. The van der Waals surface area contributed by atoms with Crippen molar-refractivity contribution in [2.45, 2.75) is 65.0 Å². The van der Waals surface area contributed by atoms with Gasteiger partial charge in [0.1, 0.15) is 0 Å². The van der Waals surface area contributed by atoms with Gasteiger partial charge in [0.05, 0.1) is 0 Å². The summed E-state index contributed by atoms with van der Waals surface area (Å²) in [6, 6.07) is 9.20. The maximum Gasteiger partial charge on any atom is 0.222 e. The number of benzene rings is 1. The normalized spacial score (nSPS) is 20.8. The zero-order chi connectivity index (χ0) is 19.9. The first-order chi connectivity index (χ1) is 13.5. The molecule has 154 valence electrons. The Kier molecular flexibility index (Phi) is 7.49. The van der Waals surface area contributed by atoms with Crippen LogP contribution in [0.5, 0.6) is 0 Å². The Morgan fingerprint density at radius 2 is 1.89 bits per heavy atom. The van der Waals surface area contributed by atoms with Crippen molar-refractivity contribution in [3.63, 3.8) is 0 Å². The van der Waals surface area contributed by atoms with Crippen molar-refractivity contribution in [1.82, 2.24) is 15.1 Å². The summed E-state index contributed by atoms with van der Waals surface area (Å²) in [4.78, 5) is 28.2. The molecule has 0 aromatic heterocycles. The van der Waals surface area contributed by atoms with E-state index in [-0.39, 0.29) is 17.9 Å². The molecule has 1 aromatic carbocycles. The number of nitrogens with zero attached hydrogens (tertiary/aromatic N) is 2. The largest absolute Gasteiger partial charge is 0.352 e. The summed E-state index contributed by atoms with van der Waals surface area (Å²) in [5, 5.41) is 3.19. The van der Waals surface area contributed by atoms with Crippen LogP contribution in [0, 0.1) is 5.92 Å². The molecule has 3 rings (SSSR count). The van der Waals surface area contributed by atoms with Crippen LogP contribution in [0.15, 0.2) is 24.3 Å². The fraction of sp³-hybridized carbons (Fsp3) is 0.652. The predicted molar refractivity (Wildman–Crippen MR) is 112 cm³/mol. The third kappa shape index (κ3) is 6.33. The van der Waals surface area contributed by atoms with Crippen LogP contribution >= 0.6 is 0 Å². The first kappa shape index (κ1) is 20.8. The van der Waals surface area contributed by atoms with Gasteiger partial charge in [-0.3, -0.25) is 14.5 Å². The highest BCUT2D eigenvalue weighted by Gasteiger charge is 2.23. The number of hydrogen-bond donors (Lipinski definition) is 1. The van der Waals surface area contributed by atoms with E-state index in [4.69, 9.17) is 0 Å². The Morgan fingerprint density at radius 3 is 2.57 bits per heavy atom. The Hall–Kier alpha value is -1.88. The van der Waals surface area contributed by atoms with Crippen molar-refractivity contribution >= 4 is 11.8 Å². The molecule has 0 aliphatic carbocycles. The average Bonchev–Trinajstić information content (AvgIpc) is 3.06. The van der Waals surface area contributed by atoms with Crippen molar-refractivity contribution in [2.24, 2.45) is 5.92 Å². The van der Waals surface area contributed by atoms with Gasteiger partial charge in [0.15, 0.2) is 0 Å². The van der Waals surface area contributed by atoms with Gasteiger partial charge in [-0.2, -0.15) is 0 Å². The molecule has 2 amide bonds. The highest BCUT2D eigenvalue weighted by molar-refractivity contribution is 5.80. The standard InChI is InChI=1S/C23H35N3O2/c1-18(2)15-19-7-9-20(10-8-19)16-25-12-3-5-21(17-25)24-22(27)11-14-26-13-4-6-23(26)28/h7-10,18,21H,3-6,11-17H2,1-2H3,(H,24,27)/t21-/m0/s1. The van der Waals surface area contributed by atoms with Crippen LogP contribution in [0.1, 0.15) is 57.1 Å². The summed E-state index contributed by atoms with van der Waals surface area (Å²) >= 11 is 0. The third-order valence-corrected chi connectivity index (χ3v) is 5.72. The molecule has 2 saturated heterocycles. The Bertz CT molecular complexity index is 656. The molecule has 1 aromatic rings. The predicted octanol–water partition coefficient (Wildman–Crippen LogP) is 2.98. The smallest absolute Gasteiger partial charge is 0.222 e. The van der Waals surface area contributed by atoms with Crippen LogP contribution in [0.3, 0.4) is 0 Å². The van der Waals surface area contributed by atoms with Gasteiger partial charge in [-0.05, 0) is 49.3 Å². The molecule has 0 bridgehead atoms. The van der Waals surface area contributed by atoms with E-state index in [0.29, 0.717) is 25.3 Å². The molecule has 0 saturated carbocycles. The lowest BCUT2D eigenvalue weighted by atomic mass is 10.0. The average molecular weight is 386 g/mol. The second kappa shape index (κ2) is 10.1. The van der Waals surface area contributed by atoms with Gasteiger partial charge in [-0.25, -0.2) is 0 Å². The van der Waals surface area contributed by atoms with Crippen molar-refractivity contribution in [3.05, 3.63) is 35.4 Å². The Labute approximate surface area is 169 Å². The zero-order valence-electron chi connectivity index (χ0n) is 17.5. The SMILES string of the molecule is CC(C)Cc1ccc(CN2CCC[C@H](NC(=O)CCN3CCCC3=O)C2)cc1. The molecule has 2 aliphatic heterocycles. The molecule has 2 heterocycles. The summed E-state index contributed by atoms with van der Waals surface area (Å²) in [6.07, 6.45) is 5.26. The summed E-state index contributed by atoms with van der Waals surface area (Å²) in [5.41, 5.74) is 2.74. The second-order valence-electron chi connectivity index (χ2n) is 8.79. The number of likely N-dealkylation sites (tertiary alicyclic amines) is 2. The van der Waals surface area contributed by atoms with E-state index in [1.165, 1.54) is 11.1 Å². The van der Waals surface area contributed by atoms with Crippen LogP contribution in [-0.2, 0) is 22.6 Å². The number of piperidine rings is 1. The van der Waals surface area contributed by atoms with E-state index in [1.54, 1.807) is 0 Å². The van der Waals surface area contributed by atoms with Crippen LogP contribution in [0.4, 0.5) is 0 Å². The van der Waals surface area contributed by atoms with Gasteiger partial charge >= 0.3 is 0 Å². The van der Waals surface area contributed by atoms with Gasteiger partial charge in [0.2, 0.25) is 11.8 Å². The molecule has 2 aliphatic rings. The maximum atomic E-state index is 12.3. The maximum absolute atomic E-state index is 12.3. The highest BCUT2D eigenvalue weighted by Crippen LogP contribution is 2.16. The minimum Gasteiger partial charge on any atom is -0.352 e. The third-order valence-electron chi connectivity index (χ3n) is 5.72. The summed E-state index contributed by atoms with van der Waals surface area (Å²) < 4.78 is 0. The van der Waals surface area contributed by atoms with Gasteiger partial charge in [-0.1, -0.05) is 38.1 Å². The molecular weight excluding hydrogens is 350 g/mol. The number of nitrogens with one attached hydrogen (secondary N) is 1. The second-order valence-corrected chi connectivity index (χ2v) is 8.79.